The van der Waals surface area contributed by atoms with Gasteiger partial charge in [-0.2, -0.15) is 0 Å². The van der Waals surface area contributed by atoms with Gasteiger partial charge in [0.2, 0.25) is 0 Å². The van der Waals surface area contributed by atoms with Crippen molar-refractivity contribution in [1.82, 2.24) is 0 Å². The zero-order chi connectivity index (χ0) is 74.9. The molecule has 102 heavy (non-hydrogen) atoms. The predicted molar refractivity (Wildman–Crippen MR) is 418 cm³/mol. The largest absolute Gasteiger partial charge is 0.472 e. The molecule has 0 aromatic carbocycles. The van der Waals surface area contributed by atoms with Crippen LogP contribution in [0, 0.1) is 11.8 Å². The molecule has 17 nitrogen and oxygen atoms in total. The molecule has 0 fully saturated rings. The summed E-state index contributed by atoms with van der Waals surface area (Å²) in [5, 5.41) is 10.6. The third kappa shape index (κ3) is 74.9. The molecule has 0 aromatic heterocycles. The summed E-state index contributed by atoms with van der Waals surface area (Å²) in [6.07, 6.45) is 65.5. The lowest BCUT2D eigenvalue weighted by Crippen LogP contribution is -2.30. The molecule has 0 saturated heterocycles. The topological polar surface area (TPSA) is 237 Å². The molecule has 19 heteroatoms. The first-order valence-corrected chi connectivity index (χ1v) is 46.0. The Morgan fingerprint density at radius 3 is 0.745 bits per heavy atom. The van der Waals surface area contributed by atoms with Gasteiger partial charge in [-0.3, -0.25) is 37.3 Å². The average molecular weight is 1490 g/mol. The number of rotatable bonds is 82. The van der Waals surface area contributed by atoms with Crippen molar-refractivity contribution < 1.29 is 80.2 Å². The monoisotopic (exact) mass is 1490 g/mol. The minimum absolute atomic E-state index is 0.106. The number of aliphatic hydroxyl groups excluding tert-OH is 1. The van der Waals surface area contributed by atoms with Crippen molar-refractivity contribution in [1.29, 1.82) is 0 Å². The number of hydrogen-bond acceptors (Lipinski definition) is 15. The molecule has 0 aliphatic heterocycles. The van der Waals surface area contributed by atoms with Crippen molar-refractivity contribution in [2.75, 3.05) is 39.6 Å². The number of phosphoric ester groups is 2. The van der Waals surface area contributed by atoms with Crippen LogP contribution in [0.2, 0.25) is 0 Å². The molecule has 606 valence electrons. The lowest BCUT2D eigenvalue weighted by Gasteiger charge is -2.21. The molecular formula is C83H162O17P2. The summed E-state index contributed by atoms with van der Waals surface area (Å²) in [6, 6.07) is 0. The fourth-order valence-electron chi connectivity index (χ4n) is 12.9. The highest BCUT2D eigenvalue weighted by atomic mass is 31.2. The second-order valence-electron chi connectivity index (χ2n) is 30.6. The highest BCUT2D eigenvalue weighted by Crippen LogP contribution is 2.45. The SMILES string of the molecule is CCCCCCCCCCCCCCCCCCCCCCC(=O)OC[C@H](COP(=O)(O)OC[C@@H](O)COP(=O)(O)OC[C@@H](COC(=O)CCCCCCCCC)OC(=O)CCCCCCCCCCCCC(C)CC)OC(=O)CCCCCCCCCCCCCCCCCCCCC(C)C. The van der Waals surface area contributed by atoms with Gasteiger partial charge in [-0.1, -0.05) is 388 Å². The first-order valence-electron chi connectivity index (χ1n) is 43.0. The number of carbonyl (C=O) groups excluding carboxylic acids is 4. The standard InChI is InChI=1S/C83H162O17P2/c1-7-10-12-14-16-17-18-19-20-21-22-23-27-30-33-36-42-48-54-60-66-81(86)94-72-79(100-82(87)67-61-55-49-43-37-34-31-28-25-24-26-29-32-35-40-46-51-57-63-75(4)5)74-98-102(91,92)96-70-77(84)69-95-101(89,90)97-73-78(71-93-80(85)65-59-53-45-15-13-11-8-2)99-83(88)68-62-56-50-44-39-38-41-47-52-58-64-76(6)9-3/h75-79,84H,7-74H2,1-6H3,(H,89,90)(H,91,92)/t76?,77-,78+,79+/m0/s1. The highest BCUT2D eigenvalue weighted by molar-refractivity contribution is 7.47. The second kappa shape index (κ2) is 74.5. The number of esters is 4. The molecule has 3 N–H and O–H groups in total. The maximum atomic E-state index is 13.1. The summed E-state index contributed by atoms with van der Waals surface area (Å²) in [4.78, 5) is 72.9. The van der Waals surface area contributed by atoms with Crippen LogP contribution in [0.5, 0.6) is 0 Å². The Kier molecular flexibility index (Phi) is 73.1. The molecule has 0 aliphatic carbocycles. The molecule has 0 aromatic rings. The first-order chi connectivity index (χ1) is 49.4. The van der Waals surface area contributed by atoms with Gasteiger partial charge in [-0.15, -0.1) is 0 Å². The molecule has 0 aliphatic rings. The second-order valence-corrected chi connectivity index (χ2v) is 33.5. The zero-order valence-corrected chi connectivity index (χ0v) is 68.7. The number of ether oxygens (including phenoxy) is 4. The first kappa shape index (κ1) is 100. The molecule has 0 amide bonds. The van der Waals surface area contributed by atoms with E-state index >= 15 is 0 Å². The summed E-state index contributed by atoms with van der Waals surface area (Å²) < 4.78 is 68.7. The Bertz CT molecular complexity index is 1960. The summed E-state index contributed by atoms with van der Waals surface area (Å²) >= 11 is 0. The molecule has 0 radical (unpaired) electrons. The summed E-state index contributed by atoms with van der Waals surface area (Å²) in [5.41, 5.74) is 0. The van der Waals surface area contributed by atoms with Gasteiger partial charge in [-0.05, 0) is 37.5 Å². The zero-order valence-electron chi connectivity index (χ0n) is 66.9. The number of carbonyl (C=O) groups is 4. The normalized spacial score (nSPS) is 14.1. The highest BCUT2D eigenvalue weighted by Gasteiger charge is 2.30. The van der Waals surface area contributed by atoms with E-state index in [-0.39, 0.29) is 25.7 Å². The molecule has 0 saturated carbocycles. The number of phosphoric acid groups is 2. The minimum atomic E-state index is -4.96. The maximum Gasteiger partial charge on any atom is 0.472 e. The maximum absolute atomic E-state index is 13.1. The Morgan fingerprint density at radius 1 is 0.284 bits per heavy atom. The lowest BCUT2D eigenvalue weighted by atomic mass is 9.99. The van der Waals surface area contributed by atoms with Crippen molar-refractivity contribution in [3.8, 4) is 0 Å². The molecule has 0 heterocycles. The van der Waals surface area contributed by atoms with E-state index in [0.717, 1.165) is 115 Å². The summed E-state index contributed by atoms with van der Waals surface area (Å²) in [7, 11) is -9.92. The van der Waals surface area contributed by atoms with Crippen LogP contribution in [-0.4, -0.2) is 96.7 Å². The fourth-order valence-corrected chi connectivity index (χ4v) is 14.4. The molecule has 0 bridgehead atoms. The van der Waals surface area contributed by atoms with Gasteiger partial charge in [0.15, 0.2) is 12.2 Å². The van der Waals surface area contributed by atoms with E-state index in [1.54, 1.807) is 0 Å². The van der Waals surface area contributed by atoms with E-state index in [1.807, 2.05) is 0 Å². The summed E-state index contributed by atoms with van der Waals surface area (Å²) in [6.45, 7) is 9.66. The summed E-state index contributed by atoms with van der Waals surface area (Å²) in [5.74, 6) is -0.488. The predicted octanol–water partition coefficient (Wildman–Crippen LogP) is 25.1. The number of aliphatic hydroxyl groups is 1. The van der Waals surface area contributed by atoms with E-state index in [1.165, 1.54) is 244 Å². The third-order valence-electron chi connectivity index (χ3n) is 19.8. The van der Waals surface area contributed by atoms with Crippen LogP contribution in [0.15, 0.2) is 0 Å². The fraction of sp³-hybridized carbons (Fsp3) is 0.952. The molecule has 6 atom stereocenters. The van der Waals surface area contributed by atoms with Crippen LogP contribution >= 0.6 is 15.6 Å². The van der Waals surface area contributed by atoms with Crippen molar-refractivity contribution >= 4 is 39.5 Å². The van der Waals surface area contributed by atoms with Crippen LogP contribution in [-0.2, 0) is 65.4 Å². The Hall–Kier alpha value is -1.94. The molecule has 0 spiro atoms. The minimum Gasteiger partial charge on any atom is -0.462 e. The van der Waals surface area contributed by atoms with Gasteiger partial charge >= 0.3 is 39.5 Å². The van der Waals surface area contributed by atoms with Crippen molar-refractivity contribution in [3.05, 3.63) is 0 Å². The molecule has 3 unspecified atom stereocenters. The Labute approximate surface area is 626 Å². The van der Waals surface area contributed by atoms with Crippen LogP contribution in [0.1, 0.15) is 440 Å². The Morgan fingerprint density at radius 2 is 0.500 bits per heavy atom. The van der Waals surface area contributed by atoms with E-state index in [2.05, 4.69) is 41.5 Å². The van der Waals surface area contributed by atoms with E-state index in [4.69, 9.17) is 37.0 Å². The van der Waals surface area contributed by atoms with Crippen molar-refractivity contribution in [2.24, 2.45) is 11.8 Å². The quantitative estimate of drug-likeness (QED) is 0.0222. The van der Waals surface area contributed by atoms with Crippen LogP contribution in [0.4, 0.5) is 0 Å². The van der Waals surface area contributed by atoms with E-state index in [0.29, 0.717) is 25.7 Å². The van der Waals surface area contributed by atoms with Gasteiger partial charge in [0.05, 0.1) is 26.4 Å². The van der Waals surface area contributed by atoms with Crippen LogP contribution < -0.4 is 0 Å². The lowest BCUT2D eigenvalue weighted by molar-refractivity contribution is -0.161. The van der Waals surface area contributed by atoms with Gasteiger partial charge < -0.3 is 33.8 Å². The van der Waals surface area contributed by atoms with Crippen molar-refractivity contribution in [2.45, 2.75) is 458 Å². The van der Waals surface area contributed by atoms with Crippen molar-refractivity contribution in [3.63, 3.8) is 0 Å². The molecule has 0 rings (SSSR count). The smallest absolute Gasteiger partial charge is 0.462 e. The van der Waals surface area contributed by atoms with Gasteiger partial charge in [0, 0.05) is 25.7 Å². The van der Waals surface area contributed by atoms with Gasteiger partial charge in [0.1, 0.15) is 19.3 Å². The average Bonchev–Trinajstić information content (AvgIpc) is 0.928. The van der Waals surface area contributed by atoms with Crippen LogP contribution in [0.3, 0.4) is 0 Å². The van der Waals surface area contributed by atoms with Gasteiger partial charge in [-0.25, -0.2) is 9.13 Å². The third-order valence-corrected chi connectivity index (χ3v) is 21.7. The van der Waals surface area contributed by atoms with E-state index < -0.39 is 97.5 Å². The number of unbranched alkanes of at least 4 members (excludes halogenated alkanes) is 51. The van der Waals surface area contributed by atoms with Crippen LogP contribution in [0.25, 0.3) is 0 Å². The molecular weight excluding hydrogens is 1330 g/mol. The Balaban J connectivity index is 5.17. The van der Waals surface area contributed by atoms with Gasteiger partial charge in [0.25, 0.3) is 0 Å². The van der Waals surface area contributed by atoms with E-state index in [9.17, 15) is 43.2 Å². The number of hydrogen-bond donors (Lipinski definition) is 3.